The first-order valence-electron chi connectivity index (χ1n) is 17.9. The molecule has 1 aromatic carbocycles. The topological polar surface area (TPSA) is 63.2 Å². The molecule has 6 nitrogen and oxygen atoms in total. The second-order valence-corrected chi connectivity index (χ2v) is 15.7. The molecule has 0 heterocycles. The van der Waals surface area contributed by atoms with Gasteiger partial charge in [-0.2, -0.15) is 0 Å². The van der Waals surface area contributed by atoms with Crippen LogP contribution < -0.4 is 14.2 Å². The normalized spacial score (nSPS) is 32.9. The quantitative estimate of drug-likeness (QED) is 0.131. The van der Waals surface area contributed by atoms with Crippen molar-refractivity contribution in [2.45, 2.75) is 124 Å². The number of ether oxygens (including phenoxy) is 5. The molecule has 0 amide bonds. The summed E-state index contributed by atoms with van der Waals surface area (Å²) in [4.78, 5) is 12.8. The van der Waals surface area contributed by atoms with E-state index in [1.807, 2.05) is 0 Å². The van der Waals surface area contributed by atoms with E-state index in [2.05, 4.69) is 40.7 Å². The van der Waals surface area contributed by atoms with Gasteiger partial charge >= 0.3 is 6.16 Å². The highest BCUT2D eigenvalue weighted by Gasteiger charge is 2.59. The lowest BCUT2D eigenvalue weighted by molar-refractivity contribution is -0.0620. The SMILES string of the molecule is COc1cc(COC(=O)O[C@H]2CC[C@@]3(C)C(=CC[C@@H]4[C@H]5CC[C@@H]([C@H](C)CCCCC(C)C)[C@@]5(C)CC[C@H]43)C2)cc(OC)c1OC. The summed E-state index contributed by atoms with van der Waals surface area (Å²) in [6, 6.07) is 3.58. The van der Waals surface area contributed by atoms with Crippen LogP contribution in [0.5, 0.6) is 17.2 Å². The number of unbranched alkanes of at least 4 members (excludes halogenated alkanes) is 1. The van der Waals surface area contributed by atoms with Crippen LogP contribution in [-0.4, -0.2) is 33.6 Å². The van der Waals surface area contributed by atoms with Gasteiger partial charge < -0.3 is 23.7 Å². The van der Waals surface area contributed by atoms with E-state index in [0.29, 0.717) is 22.7 Å². The van der Waals surface area contributed by atoms with Gasteiger partial charge in [0.25, 0.3) is 0 Å². The van der Waals surface area contributed by atoms with Crippen LogP contribution in [-0.2, 0) is 16.1 Å². The van der Waals surface area contributed by atoms with Crippen LogP contribution in [0.2, 0.25) is 0 Å². The van der Waals surface area contributed by atoms with Gasteiger partial charge in [0.05, 0.1) is 21.3 Å². The Morgan fingerprint density at radius 2 is 1.60 bits per heavy atom. The molecule has 3 saturated carbocycles. The molecule has 0 aliphatic heterocycles. The van der Waals surface area contributed by atoms with Gasteiger partial charge in [0.15, 0.2) is 11.5 Å². The largest absolute Gasteiger partial charge is 0.508 e. The monoisotopic (exact) mass is 624 g/mol. The van der Waals surface area contributed by atoms with Crippen molar-refractivity contribution in [3.63, 3.8) is 0 Å². The minimum absolute atomic E-state index is 0.0736. The van der Waals surface area contributed by atoms with Gasteiger partial charge in [-0.15, -0.1) is 0 Å². The summed E-state index contributed by atoms with van der Waals surface area (Å²) >= 11 is 0. The molecule has 0 unspecified atom stereocenters. The molecule has 3 fully saturated rings. The molecular formula is C39H60O6. The number of carbonyl (C=O) groups is 1. The van der Waals surface area contributed by atoms with Crippen LogP contribution in [0.25, 0.3) is 0 Å². The van der Waals surface area contributed by atoms with E-state index < -0.39 is 6.16 Å². The van der Waals surface area contributed by atoms with E-state index >= 15 is 0 Å². The van der Waals surface area contributed by atoms with Crippen molar-refractivity contribution < 1.29 is 28.5 Å². The number of rotatable bonds is 12. The Labute approximate surface area is 272 Å². The second-order valence-electron chi connectivity index (χ2n) is 15.7. The molecule has 8 atom stereocenters. The molecular weight excluding hydrogens is 564 g/mol. The summed E-state index contributed by atoms with van der Waals surface area (Å²) in [6.45, 7) is 12.5. The zero-order valence-electron chi connectivity index (χ0n) is 29.4. The average molecular weight is 625 g/mol. The third-order valence-corrected chi connectivity index (χ3v) is 12.9. The standard InChI is InChI=1S/C39H60O6/c1-25(2)11-9-10-12-26(3)31-15-16-32-30-14-13-28-23-29(17-19-38(28,4)33(30)18-20-39(31,32)5)45-37(40)44-24-27-21-34(41-6)36(43-8)35(22-27)42-7/h13,21-22,25-26,29-33H,9-12,14-20,23-24H2,1-8H3/t26-,29+,30-,31+,32-,33-,38+,39-/m1/s1. The number of allylic oxidation sites excluding steroid dienone is 1. The minimum Gasteiger partial charge on any atom is -0.493 e. The first kappa shape index (κ1) is 34.0. The molecule has 4 aliphatic rings. The van der Waals surface area contributed by atoms with Gasteiger partial charge in [-0.05, 0) is 109 Å². The maximum Gasteiger partial charge on any atom is 0.508 e. The summed E-state index contributed by atoms with van der Waals surface area (Å²) in [5.74, 6) is 6.53. The van der Waals surface area contributed by atoms with Crippen molar-refractivity contribution in [1.82, 2.24) is 0 Å². The number of hydrogen-bond donors (Lipinski definition) is 0. The molecule has 1 aromatic rings. The van der Waals surface area contributed by atoms with E-state index in [0.717, 1.165) is 60.3 Å². The average Bonchev–Trinajstić information content (AvgIpc) is 3.38. The zero-order chi connectivity index (χ0) is 32.4. The highest BCUT2D eigenvalue weighted by atomic mass is 16.7. The van der Waals surface area contributed by atoms with Gasteiger partial charge in [-0.1, -0.05) is 72.0 Å². The number of hydrogen-bond acceptors (Lipinski definition) is 6. The number of carbonyl (C=O) groups excluding carboxylic acids is 1. The first-order valence-corrected chi connectivity index (χ1v) is 17.9. The van der Waals surface area contributed by atoms with E-state index in [4.69, 9.17) is 23.7 Å². The highest BCUT2D eigenvalue weighted by molar-refractivity contribution is 5.61. The van der Waals surface area contributed by atoms with Crippen LogP contribution in [0.3, 0.4) is 0 Å². The molecule has 252 valence electrons. The zero-order valence-corrected chi connectivity index (χ0v) is 29.4. The van der Waals surface area contributed by atoms with E-state index in [-0.39, 0.29) is 18.1 Å². The summed E-state index contributed by atoms with van der Waals surface area (Å²) in [5.41, 5.74) is 3.00. The number of methoxy groups -OCH3 is 3. The van der Waals surface area contributed by atoms with Gasteiger partial charge in [0.2, 0.25) is 5.75 Å². The number of fused-ring (bicyclic) bond motifs is 5. The van der Waals surface area contributed by atoms with Crippen LogP contribution in [0.1, 0.15) is 117 Å². The maximum absolute atomic E-state index is 12.8. The maximum atomic E-state index is 12.8. The fourth-order valence-electron chi connectivity index (χ4n) is 10.5. The van der Waals surface area contributed by atoms with Crippen molar-refractivity contribution in [3.05, 3.63) is 29.3 Å². The predicted molar refractivity (Wildman–Crippen MR) is 179 cm³/mol. The minimum atomic E-state index is -0.615. The smallest absolute Gasteiger partial charge is 0.493 e. The van der Waals surface area contributed by atoms with Gasteiger partial charge in [-0.3, -0.25) is 0 Å². The van der Waals surface area contributed by atoms with Crippen LogP contribution in [0, 0.1) is 46.3 Å². The summed E-state index contributed by atoms with van der Waals surface area (Å²) < 4.78 is 27.7. The molecule has 0 N–H and O–H groups in total. The highest BCUT2D eigenvalue weighted by Crippen LogP contribution is 2.67. The summed E-state index contributed by atoms with van der Waals surface area (Å²) in [7, 11) is 4.71. The van der Waals surface area contributed by atoms with Gasteiger partial charge in [0, 0.05) is 6.42 Å². The molecule has 5 rings (SSSR count). The number of benzene rings is 1. The fourth-order valence-corrected chi connectivity index (χ4v) is 10.5. The van der Waals surface area contributed by atoms with Crippen molar-refractivity contribution in [2.75, 3.05) is 21.3 Å². The Balaban J connectivity index is 1.17. The molecule has 0 radical (unpaired) electrons. The van der Waals surface area contributed by atoms with E-state index in [1.54, 1.807) is 33.5 Å². The molecule has 0 aromatic heterocycles. The lowest BCUT2D eigenvalue weighted by Gasteiger charge is -2.58. The summed E-state index contributed by atoms with van der Waals surface area (Å²) in [5, 5.41) is 0. The Morgan fingerprint density at radius 3 is 2.27 bits per heavy atom. The van der Waals surface area contributed by atoms with Crippen molar-refractivity contribution in [3.8, 4) is 17.2 Å². The van der Waals surface area contributed by atoms with Crippen LogP contribution >= 0.6 is 0 Å². The Bertz CT molecular complexity index is 1180. The van der Waals surface area contributed by atoms with E-state index in [9.17, 15) is 4.79 Å². The first-order chi connectivity index (χ1) is 21.5. The lowest BCUT2D eigenvalue weighted by Crippen LogP contribution is -2.51. The Hall–Kier alpha value is -2.37. The Kier molecular flexibility index (Phi) is 10.7. The van der Waals surface area contributed by atoms with Gasteiger partial charge in [0.1, 0.15) is 12.7 Å². The Morgan fingerprint density at radius 1 is 0.889 bits per heavy atom. The molecule has 0 saturated heterocycles. The van der Waals surface area contributed by atoms with Gasteiger partial charge in [-0.25, -0.2) is 4.79 Å². The molecule has 0 spiro atoms. The fraction of sp³-hybridized carbons (Fsp3) is 0.769. The second kappa shape index (κ2) is 14.2. The molecule has 4 aliphatic carbocycles. The molecule has 6 heteroatoms. The van der Waals surface area contributed by atoms with E-state index in [1.165, 1.54) is 63.4 Å². The lowest BCUT2D eigenvalue weighted by atomic mass is 9.47. The van der Waals surface area contributed by atoms with Crippen LogP contribution in [0.4, 0.5) is 4.79 Å². The third kappa shape index (κ3) is 6.86. The van der Waals surface area contributed by atoms with Crippen LogP contribution in [0.15, 0.2) is 23.8 Å². The molecule has 45 heavy (non-hydrogen) atoms. The van der Waals surface area contributed by atoms with Crippen molar-refractivity contribution in [1.29, 1.82) is 0 Å². The van der Waals surface area contributed by atoms with Crippen molar-refractivity contribution >= 4 is 6.16 Å². The predicted octanol–water partition coefficient (Wildman–Crippen LogP) is 10.2. The summed E-state index contributed by atoms with van der Waals surface area (Å²) in [6.07, 6.45) is 17.0. The third-order valence-electron chi connectivity index (χ3n) is 12.9. The molecule has 0 bridgehead atoms. The van der Waals surface area contributed by atoms with Crippen molar-refractivity contribution in [2.24, 2.45) is 46.3 Å².